The van der Waals surface area contributed by atoms with Crippen LogP contribution in [-0.2, 0) is 16.0 Å². The molecule has 3 N–H and O–H groups in total. The number of carbonyl (C=O) groups excluding carboxylic acids is 3. The molecule has 0 saturated carbocycles. The molecule has 1 atom stereocenters. The third-order valence-corrected chi connectivity index (χ3v) is 4.37. The van der Waals surface area contributed by atoms with Gasteiger partial charge in [-0.2, -0.15) is 9.78 Å². The molecule has 0 aromatic carbocycles. The first kappa shape index (κ1) is 17.4. The minimum Gasteiger partial charge on any atom is -0.363 e. The third-order valence-electron chi connectivity index (χ3n) is 3.47. The number of aromatic nitrogens is 4. The van der Waals surface area contributed by atoms with Gasteiger partial charge >= 0.3 is 0 Å². The molecule has 10 heteroatoms. The van der Waals surface area contributed by atoms with Gasteiger partial charge in [-0.05, 0) is 23.6 Å². The number of hydrogen-bond acceptors (Lipinski definition) is 7. The lowest BCUT2D eigenvalue weighted by atomic mass is 10.1. The Morgan fingerprint density at radius 3 is 2.58 bits per heavy atom. The van der Waals surface area contributed by atoms with E-state index in [2.05, 4.69) is 20.4 Å². The Morgan fingerprint density at radius 1 is 1.15 bits per heavy atom. The van der Waals surface area contributed by atoms with Crippen molar-refractivity contribution in [3.63, 3.8) is 0 Å². The predicted molar refractivity (Wildman–Crippen MR) is 92.6 cm³/mol. The fraction of sp³-hybridized carbons (Fsp3) is 0.125. The molecule has 0 aliphatic carbocycles. The average Bonchev–Trinajstić information content (AvgIpc) is 3.32. The van der Waals surface area contributed by atoms with Crippen molar-refractivity contribution in [2.24, 2.45) is 5.73 Å². The number of thiophene rings is 1. The van der Waals surface area contributed by atoms with Crippen molar-refractivity contribution >= 4 is 28.9 Å². The highest BCUT2D eigenvalue weighted by Gasteiger charge is 2.27. The Hall–Kier alpha value is -3.40. The Kier molecular flexibility index (Phi) is 5.13. The van der Waals surface area contributed by atoms with E-state index in [1.165, 1.54) is 40.7 Å². The zero-order valence-corrected chi connectivity index (χ0v) is 14.2. The largest absolute Gasteiger partial charge is 0.363 e. The van der Waals surface area contributed by atoms with Gasteiger partial charge in [-0.15, -0.1) is 11.3 Å². The van der Waals surface area contributed by atoms with Crippen molar-refractivity contribution < 1.29 is 14.4 Å². The molecule has 3 heterocycles. The molecule has 0 spiro atoms. The van der Waals surface area contributed by atoms with Crippen molar-refractivity contribution in [2.75, 3.05) is 0 Å². The highest BCUT2D eigenvalue weighted by molar-refractivity contribution is 7.09. The molecule has 0 saturated heterocycles. The zero-order chi connectivity index (χ0) is 18.5. The fourth-order valence-corrected chi connectivity index (χ4v) is 3.03. The van der Waals surface area contributed by atoms with E-state index in [1.54, 1.807) is 12.1 Å². The van der Waals surface area contributed by atoms with Crippen molar-refractivity contribution in [3.8, 4) is 5.95 Å². The first-order chi connectivity index (χ1) is 12.6. The van der Waals surface area contributed by atoms with E-state index in [0.29, 0.717) is 0 Å². The van der Waals surface area contributed by atoms with Gasteiger partial charge in [0.2, 0.25) is 5.78 Å². The molecule has 26 heavy (non-hydrogen) atoms. The summed E-state index contributed by atoms with van der Waals surface area (Å²) in [7, 11) is 0. The maximum absolute atomic E-state index is 12.6. The van der Waals surface area contributed by atoms with Gasteiger partial charge in [-0.1, -0.05) is 6.07 Å². The molecule has 3 aromatic heterocycles. The molecular formula is C16H14N6O3S. The van der Waals surface area contributed by atoms with Crippen molar-refractivity contribution in [1.29, 1.82) is 0 Å². The van der Waals surface area contributed by atoms with Crippen molar-refractivity contribution in [2.45, 2.75) is 12.5 Å². The lowest BCUT2D eigenvalue weighted by molar-refractivity contribution is -0.137. The molecule has 3 rings (SSSR count). The van der Waals surface area contributed by atoms with Gasteiger partial charge in [0.15, 0.2) is 0 Å². The van der Waals surface area contributed by atoms with Crippen LogP contribution in [0.3, 0.4) is 0 Å². The molecule has 0 radical (unpaired) electrons. The number of carbonyl (C=O) groups is 3. The number of hydrogen-bond donors (Lipinski definition) is 2. The van der Waals surface area contributed by atoms with Crippen LogP contribution in [0.15, 0.2) is 48.2 Å². The summed E-state index contributed by atoms with van der Waals surface area (Å²) >= 11 is 1.41. The van der Waals surface area contributed by atoms with Crippen LogP contribution < -0.4 is 11.1 Å². The second-order valence-electron chi connectivity index (χ2n) is 5.22. The van der Waals surface area contributed by atoms with E-state index in [1.807, 2.05) is 11.4 Å². The van der Waals surface area contributed by atoms with Crippen LogP contribution in [0.25, 0.3) is 5.95 Å². The minimum absolute atomic E-state index is 0.129. The summed E-state index contributed by atoms with van der Waals surface area (Å²) in [5, 5.41) is 8.41. The molecule has 132 valence electrons. The first-order valence-corrected chi connectivity index (χ1v) is 8.42. The molecule has 2 amide bonds. The van der Waals surface area contributed by atoms with Crippen LogP contribution >= 0.6 is 11.3 Å². The molecule has 9 nitrogen and oxygen atoms in total. The predicted octanol–water partition coefficient (Wildman–Crippen LogP) is 0.119. The summed E-state index contributed by atoms with van der Waals surface area (Å²) in [6, 6.07) is 5.65. The van der Waals surface area contributed by atoms with Gasteiger partial charge in [0, 0.05) is 23.7 Å². The third kappa shape index (κ3) is 3.81. The Bertz CT molecular complexity index is 923. The van der Waals surface area contributed by atoms with Gasteiger partial charge in [-0.3, -0.25) is 14.4 Å². The number of ketones is 1. The first-order valence-electron chi connectivity index (χ1n) is 7.54. The lowest BCUT2D eigenvalue weighted by Gasteiger charge is -2.15. The summed E-state index contributed by atoms with van der Waals surface area (Å²) in [5.74, 6) is -2.36. The number of rotatable bonds is 7. The number of amides is 2. The smallest absolute Gasteiger partial charge is 0.287 e. The molecule has 0 aliphatic heterocycles. The zero-order valence-electron chi connectivity index (χ0n) is 13.4. The number of Topliss-reactive ketones (excluding diaryl/α,β-unsaturated/α-hetero) is 1. The van der Waals surface area contributed by atoms with Crippen LogP contribution in [0.5, 0.6) is 0 Å². The van der Waals surface area contributed by atoms with Gasteiger partial charge in [0.1, 0.15) is 11.7 Å². The molecule has 0 fully saturated rings. The second-order valence-corrected chi connectivity index (χ2v) is 6.25. The Balaban J connectivity index is 1.83. The fourth-order valence-electron chi connectivity index (χ4n) is 2.28. The topological polar surface area (TPSA) is 133 Å². The van der Waals surface area contributed by atoms with Crippen LogP contribution in [0.2, 0.25) is 0 Å². The summed E-state index contributed by atoms with van der Waals surface area (Å²) in [6.45, 7) is 0. The molecule has 0 bridgehead atoms. The monoisotopic (exact) mass is 370 g/mol. The highest BCUT2D eigenvalue weighted by Crippen LogP contribution is 2.13. The highest BCUT2D eigenvalue weighted by atomic mass is 32.1. The van der Waals surface area contributed by atoms with Crippen LogP contribution in [0.1, 0.15) is 15.4 Å². The minimum atomic E-state index is -1.10. The van der Waals surface area contributed by atoms with Crippen molar-refractivity contribution in [1.82, 2.24) is 25.1 Å². The van der Waals surface area contributed by atoms with E-state index in [4.69, 9.17) is 5.73 Å². The van der Waals surface area contributed by atoms with E-state index >= 15 is 0 Å². The van der Waals surface area contributed by atoms with E-state index in [-0.39, 0.29) is 18.1 Å². The molecular weight excluding hydrogens is 356 g/mol. The number of nitrogens with one attached hydrogen (secondary N) is 1. The average molecular weight is 370 g/mol. The van der Waals surface area contributed by atoms with Crippen LogP contribution in [-0.4, -0.2) is 43.4 Å². The Labute approximate surface area is 151 Å². The Morgan fingerprint density at radius 2 is 1.92 bits per heavy atom. The van der Waals surface area contributed by atoms with E-state index in [0.717, 1.165) is 4.88 Å². The summed E-state index contributed by atoms with van der Waals surface area (Å²) in [5.41, 5.74) is 5.24. The number of primary amides is 1. The lowest BCUT2D eigenvalue weighted by Crippen LogP contribution is -2.47. The van der Waals surface area contributed by atoms with Gasteiger partial charge in [-0.25, -0.2) is 9.97 Å². The van der Waals surface area contributed by atoms with E-state index < -0.39 is 23.6 Å². The second kappa shape index (κ2) is 7.66. The SMILES string of the molecule is NC(=O)C(=O)C(Cc1cccs1)NC(=O)c1ccnn1-c1ncccn1. The molecule has 1 unspecified atom stereocenters. The van der Waals surface area contributed by atoms with Crippen LogP contribution in [0, 0.1) is 0 Å². The normalized spacial score (nSPS) is 11.7. The maximum Gasteiger partial charge on any atom is 0.287 e. The van der Waals surface area contributed by atoms with Crippen LogP contribution in [0.4, 0.5) is 0 Å². The maximum atomic E-state index is 12.6. The quantitative estimate of drug-likeness (QED) is 0.568. The molecule has 0 aliphatic rings. The summed E-state index contributed by atoms with van der Waals surface area (Å²) in [4.78, 5) is 45.0. The van der Waals surface area contributed by atoms with Gasteiger partial charge in [0.25, 0.3) is 17.8 Å². The van der Waals surface area contributed by atoms with Gasteiger partial charge < -0.3 is 11.1 Å². The number of nitrogens with zero attached hydrogens (tertiary/aromatic N) is 4. The standard InChI is InChI=1S/C16H14N6O3S/c17-14(24)13(23)11(9-10-3-1-8-26-10)21-15(25)12-4-7-20-22(12)16-18-5-2-6-19-16/h1-8,11H,9H2,(H2,17,24)(H,21,25). The van der Waals surface area contributed by atoms with Crippen molar-refractivity contribution in [3.05, 3.63) is 58.8 Å². The molecule has 3 aromatic rings. The number of nitrogens with two attached hydrogens (primary N) is 1. The summed E-state index contributed by atoms with van der Waals surface area (Å²) in [6.07, 6.45) is 4.61. The summed E-state index contributed by atoms with van der Waals surface area (Å²) < 4.78 is 1.24. The van der Waals surface area contributed by atoms with Gasteiger partial charge in [0.05, 0.1) is 6.20 Å². The van der Waals surface area contributed by atoms with E-state index in [9.17, 15) is 14.4 Å².